The van der Waals surface area contributed by atoms with Crippen molar-refractivity contribution in [1.29, 1.82) is 0 Å². The van der Waals surface area contributed by atoms with E-state index in [1.165, 1.54) is 19.2 Å². The molecule has 1 unspecified atom stereocenters. The average molecular weight is 545 g/mol. The van der Waals surface area contributed by atoms with Crippen molar-refractivity contribution in [3.05, 3.63) is 64.0 Å². The summed E-state index contributed by atoms with van der Waals surface area (Å²) in [6, 6.07) is 9.59. The molecule has 192 valence electrons. The molecule has 0 spiro atoms. The maximum Gasteiger partial charge on any atom is 0.436 e. The smallest absolute Gasteiger partial charge is 0.436 e. The first-order chi connectivity index (χ1) is 17.1. The molecule has 0 radical (unpaired) electrons. The second-order valence-corrected chi connectivity index (χ2v) is 9.03. The molecule has 1 aliphatic heterocycles. The van der Waals surface area contributed by atoms with Gasteiger partial charge < -0.3 is 14.4 Å². The van der Waals surface area contributed by atoms with Gasteiger partial charge in [0.05, 0.1) is 35.4 Å². The maximum atomic E-state index is 13.6. The number of piperazine rings is 1. The van der Waals surface area contributed by atoms with Crippen molar-refractivity contribution in [2.45, 2.75) is 18.8 Å². The molecule has 0 bridgehead atoms. The number of carbonyl (C=O) groups is 1. The first-order valence-electron chi connectivity index (χ1n) is 11.0. The molecule has 12 heteroatoms. The van der Waals surface area contributed by atoms with Crippen molar-refractivity contribution in [3.63, 3.8) is 0 Å². The van der Waals surface area contributed by atoms with E-state index >= 15 is 0 Å². The number of alkyl halides is 3. The Labute approximate surface area is 214 Å². The zero-order chi connectivity index (χ0) is 26.0. The minimum Gasteiger partial charge on any atom is -0.495 e. The topological polar surface area (TPSA) is 50.6 Å². The third-order valence-electron chi connectivity index (χ3n) is 6.08. The van der Waals surface area contributed by atoms with Gasteiger partial charge in [0.15, 0.2) is 5.69 Å². The van der Waals surface area contributed by atoms with Gasteiger partial charge in [-0.15, -0.1) is 0 Å². The van der Waals surface area contributed by atoms with Gasteiger partial charge in [0.25, 0.3) is 0 Å². The lowest BCUT2D eigenvalue weighted by atomic mass is 10.1. The van der Waals surface area contributed by atoms with Crippen LogP contribution in [0.1, 0.15) is 5.69 Å². The normalized spacial score (nSPS) is 15.7. The van der Waals surface area contributed by atoms with Gasteiger partial charge in [0.1, 0.15) is 17.9 Å². The number of anilines is 1. The predicted octanol–water partition coefficient (Wildman–Crippen LogP) is 5.41. The van der Waals surface area contributed by atoms with Crippen LogP contribution in [0.15, 0.2) is 42.5 Å². The van der Waals surface area contributed by atoms with Crippen LogP contribution in [0.3, 0.4) is 0 Å². The maximum absolute atomic E-state index is 13.6. The van der Waals surface area contributed by atoms with Crippen LogP contribution < -0.4 is 9.64 Å². The monoisotopic (exact) mass is 544 g/mol. The number of aldehydes is 1. The van der Waals surface area contributed by atoms with E-state index in [1.54, 1.807) is 6.07 Å². The first kappa shape index (κ1) is 26.2. The third kappa shape index (κ3) is 5.45. The van der Waals surface area contributed by atoms with Gasteiger partial charge in [-0.3, -0.25) is 9.58 Å². The standard InChI is InChI=1S/C24H22Cl2F4N4O2/c1-36-20-12-17(6-7-19(20)25)32-8-10-33(11-9-32)18(14-35)13-34-22(15-2-4-16(27)5-3-15)21(26)23(31-34)24(28,29)30/h2-7,12,14,18H,8-11,13H2,1H3. The van der Waals surface area contributed by atoms with E-state index in [0.717, 1.165) is 22.5 Å². The lowest BCUT2D eigenvalue weighted by Gasteiger charge is -2.38. The van der Waals surface area contributed by atoms with Crippen molar-refractivity contribution in [2.24, 2.45) is 0 Å². The number of nitrogens with zero attached hydrogens (tertiary/aromatic N) is 4. The lowest BCUT2D eigenvalue weighted by Crippen LogP contribution is -2.52. The molecule has 4 rings (SSSR count). The molecule has 1 saturated heterocycles. The van der Waals surface area contributed by atoms with Gasteiger partial charge in [-0.2, -0.15) is 18.3 Å². The number of hydrogen-bond donors (Lipinski definition) is 0. The van der Waals surface area contributed by atoms with E-state index < -0.39 is 28.8 Å². The number of aromatic nitrogens is 2. The number of carbonyl (C=O) groups excluding carboxylic acids is 1. The molecule has 1 aromatic heterocycles. The summed E-state index contributed by atoms with van der Waals surface area (Å²) in [6.45, 7) is 1.98. The van der Waals surface area contributed by atoms with Crippen molar-refractivity contribution >= 4 is 35.2 Å². The molecule has 6 nitrogen and oxygen atoms in total. The Kier molecular flexibility index (Phi) is 7.77. The van der Waals surface area contributed by atoms with Crippen LogP contribution in [-0.2, 0) is 17.5 Å². The molecular weight excluding hydrogens is 523 g/mol. The summed E-state index contributed by atoms with van der Waals surface area (Å²) in [6.07, 6.45) is -4.10. The second-order valence-electron chi connectivity index (χ2n) is 8.24. The van der Waals surface area contributed by atoms with Crippen molar-refractivity contribution in [1.82, 2.24) is 14.7 Å². The SMILES string of the molecule is COc1cc(N2CCN(C(C=O)Cn3nc(C(F)(F)F)c(Cl)c3-c3ccc(F)cc3)CC2)ccc1Cl. The highest BCUT2D eigenvalue weighted by molar-refractivity contribution is 6.34. The minimum atomic E-state index is -4.79. The molecule has 1 aliphatic rings. The number of hydrogen-bond acceptors (Lipinski definition) is 5. The molecule has 0 amide bonds. The van der Waals surface area contributed by atoms with Gasteiger partial charge in [-0.25, -0.2) is 4.39 Å². The molecule has 0 aliphatic carbocycles. The molecule has 0 N–H and O–H groups in total. The number of benzene rings is 2. The second kappa shape index (κ2) is 10.7. The number of halogens is 6. The molecule has 1 atom stereocenters. The Morgan fingerprint density at radius 1 is 1.08 bits per heavy atom. The number of ether oxygens (including phenoxy) is 1. The summed E-state index contributed by atoms with van der Waals surface area (Å²) in [5.74, 6) is 0.00523. The van der Waals surface area contributed by atoms with Crippen LogP contribution in [0.25, 0.3) is 11.3 Å². The van der Waals surface area contributed by atoms with E-state index in [1.807, 2.05) is 17.0 Å². The van der Waals surface area contributed by atoms with E-state index in [2.05, 4.69) is 10.00 Å². The third-order valence-corrected chi connectivity index (χ3v) is 6.75. The van der Waals surface area contributed by atoms with Crippen LogP contribution in [0, 0.1) is 5.82 Å². The number of rotatable bonds is 7. The van der Waals surface area contributed by atoms with Crippen molar-refractivity contribution in [3.8, 4) is 17.0 Å². The number of methoxy groups -OCH3 is 1. The molecule has 2 aromatic carbocycles. The Balaban J connectivity index is 1.55. The lowest BCUT2D eigenvalue weighted by molar-refractivity contribution is -0.141. The Morgan fingerprint density at radius 2 is 1.75 bits per heavy atom. The fraction of sp³-hybridized carbons (Fsp3) is 0.333. The minimum absolute atomic E-state index is 0.0252. The zero-order valence-electron chi connectivity index (χ0n) is 19.1. The fourth-order valence-electron chi connectivity index (χ4n) is 4.22. The summed E-state index contributed by atoms with van der Waals surface area (Å²) in [4.78, 5) is 16.0. The quantitative estimate of drug-likeness (QED) is 0.294. The van der Waals surface area contributed by atoms with Crippen LogP contribution in [-0.4, -0.2) is 60.3 Å². The van der Waals surface area contributed by atoms with Crippen LogP contribution in [0.2, 0.25) is 10.0 Å². The highest BCUT2D eigenvalue weighted by Crippen LogP contribution is 2.40. The van der Waals surface area contributed by atoms with Crippen LogP contribution >= 0.6 is 23.2 Å². The summed E-state index contributed by atoms with van der Waals surface area (Å²) in [7, 11) is 1.53. The summed E-state index contributed by atoms with van der Waals surface area (Å²) in [5, 5.41) is 3.59. The Morgan fingerprint density at radius 3 is 2.33 bits per heavy atom. The van der Waals surface area contributed by atoms with Gasteiger partial charge in [-0.05, 0) is 36.4 Å². The molecular formula is C24H22Cl2F4N4O2. The van der Waals surface area contributed by atoms with E-state index in [4.69, 9.17) is 27.9 Å². The van der Waals surface area contributed by atoms with E-state index in [0.29, 0.717) is 43.2 Å². The molecule has 3 aromatic rings. The molecule has 36 heavy (non-hydrogen) atoms. The molecule has 1 fully saturated rings. The summed E-state index contributed by atoms with van der Waals surface area (Å²) < 4.78 is 60.4. The Bertz CT molecular complexity index is 1230. The van der Waals surface area contributed by atoms with Crippen LogP contribution in [0.4, 0.5) is 23.2 Å². The van der Waals surface area contributed by atoms with E-state index in [9.17, 15) is 22.4 Å². The highest BCUT2D eigenvalue weighted by atomic mass is 35.5. The largest absolute Gasteiger partial charge is 0.495 e. The summed E-state index contributed by atoms with van der Waals surface area (Å²) in [5.41, 5.74) is -0.112. The summed E-state index contributed by atoms with van der Waals surface area (Å²) >= 11 is 12.2. The molecule has 2 heterocycles. The van der Waals surface area contributed by atoms with Gasteiger partial charge in [0, 0.05) is 43.5 Å². The van der Waals surface area contributed by atoms with Gasteiger partial charge in [0.2, 0.25) is 0 Å². The highest BCUT2D eigenvalue weighted by Gasteiger charge is 2.39. The van der Waals surface area contributed by atoms with E-state index in [-0.39, 0.29) is 17.8 Å². The first-order valence-corrected chi connectivity index (χ1v) is 11.7. The average Bonchev–Trinajstić information content (AvgIpc) is 3.19. The molecule has 0 saturated carbocycles. The van der Waals surface area contributed by atoms with Crippen molar-refractivity contribution in [2.75, 3.05) is 38.2 Å². The van der Waals surface area contributed by atoms with Gasteiger partial charge in [-0.1, -0.05) is 23.2 Å². The van der Waals surface area contributed by atoms with Gasteiger partial charge >= 0.3 is 6.18 Å². The predicted molar refractivity (Wildman–Crippen MR) is 129 cm³/mol. The fourth-order valence-corrected chi connectivity index (χ4v) is 4.76. The van der Waals surface area contributed by atoms with Crippen LogP contribution in [0.5, 0.6) is 5.75 Å². The Hall–Kier alpha value is -2.82. The van der Waals surface area contributed by atoms with Crippen molar-refractivity contribution < 1.29 is 27.1 Å². The zero-order valence-corrected chi connectivity index (χ0v) is 20.6.